The second kappa shape index (κ2) is 6.48. The van der Waals surface area contributed by atoms with Crippen molar-refractivity contribution in [1.82, 2.24) is 4.90 Å². The van der Waals surface area contributed by atoms with E-state index in [1.54, 1.807) is 12.1 Å². The van der Waals surface area contributed by atoms with E-state index in [1.807, 2.05) is 12.1 Å². The maximum atomic E-state index is 12.7. The van der Waals surface area contributed by atoms with E-state index >= 15 is 0 Å². The van der Waals surface area contributed by atoms with Gasteiger partial charge in [0.05, 0.1) is 18.2 Å². The number of rotatable bonds is 3. The third-order valence-corrected chi connectivity index (χ3v) is 4.99. The summed E-state index contributed by atoms with van der Waals surface area (Å²) in [5, 5.41) is 9.33. The molecule has 22 heavy (non-hydrogen) atoms. The van der Waals surface area contributed by atoms with Crippen molar-refractivity contribution in [3.8, 4) is 0 Å². The largest absolute Gasteiger partial charge is 0.396 e. The van der Waals surface area contributed by atoms with Crippen molar-refractivity contribution in [3.63, 3.8) is 0 Å². The second-order valence-electron chi connectivity index (χ2n) is 5.95. The number of aliphatic hydroxyl groups is 1. The number of carbonyl (C=O) groups excluding carboxylic acids is 2. The molecule has 0 spiro atoms. The van der Waals surface area contributed by atoms with Gasteiger partial charge in [-0.1, -0.05) is 15.9 Å². The van der Waals surface area contributed by atoms with E-state index in [4.69, 9.17) is 0 Å². The SMILES string of the molecule is O=C1CC(N2CCCC(CO)C2)C(=O)N1c1ccc(Br)cc1. The standard InChI is InChI=1S/C16H19BrN2O3/c17-12-3-5-13(6-4-12)19-15(21)8-14(16(19)22)18-7-1-2-11(9-18)10-20/h3-6,11,14,20H,1-2,7-10H2. The molecule has 2 aliphatic heterocycles. The molecule has 1 N–H and O–H groups in total. The van der Waals surface area contributed by atoms with Crippen LogP contribution in [0.25, 0.3) is 0 Å². The Hall–Kier alpha value is -1.24. The molecule has 5 nitrogen and oxygen atoms in total. The number of nitrogens with zero attached hydrogens (tertiary/aromatic N) is 2. The lowest BCUT2D eigenvalue weighted by Crippen LogP contribution is -2.47. The third kappa shape index (κ3) is 2.95. The number of benzene rings is 1. The van der Waals surface area contributed by atoms with Gasteiger partial charge in [0.25, 0.3) is 5.91 Å². The summed E-state index contributed by atoms with van der Waals surface area (Å²) in [6, 6.07) is 6.81. The Morgan fingerprint density at radius 3 is 2.64 bits per heavy atom. The maximum Gasteiger partial charge on any atom is 0.251 e. The highest BCUT2D eigenvalue weighted by atomic mass is 79.9. The summed E-state index contributed by atoms with van der Waals surface area (Å²) in [5.74, 6) is -0.0901. The minimum atomic E-state index is -0.384. The van der Waals surface area contributed by atoms with Gasteiger partial charge >= 0.3 is 0 Å². The summed E-state index contributed by atoms with van der Waals surface area (Å²) >= 11 is 3.35. The molecular weight excluding hydrogens is 348 g/mol. The van der Waals surface area contributed by atoms with Gasteiger partial charge in [-0.15, -0.1) is 0 Å². The Labute approximate surface area is 138 Å². The molecule has 0 radical (unpaired) electrons. The highest BCUT2D eigenvalue weighted by Crippen LogP contribution is 2.29. The lowest BCUT2D eigenvalue weighted by molar-refractivity contribution is -0.123. The fraction of sp³-hybridized carbons (Fsp3) is 0.500. The quantitative estimate of drug-likeness (QED) is 0.828. The van der Waals surface area contributed by atoms with E-state index in [0.29, 0.717) is 12.2 Å². The fourth-order valence-electron chi connectivity index (χ4n) is 3.29. The molecule has 2 saturated heterocycles. The maximum absolute atomic E-state index is 12.7. The Morgan fingerprint density at radius 1 is 1.23 bits per heavy atom. The molecular formula is C16H19BrN2O3. The molecule has 6 heteroatoms. The van der Waals surface area contributed by atoms with E-state index in [2.05, 4.69) is 20.8 Å². The number of imide groups is 1. The van der Waals surface area contributed by atoms with Gasteiger partial charge in [-0.25, -0.2) is 4.90 Å². The van der Waals surface area contributed by atoms with Gasteiger partial charge in [-0.3, -0.25) is 14.5 Å². The highest BCUT2D eigenvalue weighted by Gasteiger charge is 2.43. The van der Waals surface area contributed by atoms with E-state index in [1.165, 1.54) is 4.90 Å². The van der Waals surface area contributed by atoms with E-state index in [9.17, 15) is 14.7 Å². The predicted octanol–water partition coefficient (Wildman–Crippen LogP) is 1.79. The number of aliphatic hydroxyl groups excluding tert-OH is 1. The normalized spacial score (nSPS) is 26.7. The van der Waals surface area contributed by atoms with Gasteiger partial charge in [0.1, 0.15) is 0 Å². The minimum absolute atomic E-state index is 0.141. The van der Waals surface area contributed by atoms with E-state index < -0.39 is 0 Å². The van der Waals surface area contributed by atoms with Crippen molar-refractivity contribution in [2.24, 2.45) is 5.92 Å². The fourth-order valence-corrected chi connectivity index (χ4v) is 3.56. The number of carbonyl (C=O) groups is 2. The van der Waals surface area contributed by atoms with Crippen molar-refractivity contribution in [3.05, 3.63) is 28.7 Å². The van der Waals surface area contributed by atoms with Crippen LogP contribution in [0.4, 0.5) is 5.69 Å². The first-order valence-electron chi connectivity index (χ1n) is 7.57. The molecule has 0 aliphatic carbocycles. The summed E-state index contributed by atoms with van der Waals surface area (Å²) in [4.78, 5) is 28.3. The van der Waals surface area contributed by atoms with Crippen molar-refractivity contribution < 1.29 is 14.7 Å². The van der Waals surface area contributed by atoms with Crippen LogP contribution in [0.3, 0.4) is 0 Å². The number of amides is 2. The molecule has 2 unspecified atom stereocenters. The molecule has 2 amide bonds. The van der Waals surface area contributed by atoms with Gasteiger partial charge in [0.2, 0.25) is 5.91 Å². The van der Waals surface area contributed by atoms with Crippen LogP contribution >= 0.6 is 15.9 Å². The molecule has 2 atom stereocenters. The number of likely N-dealkylation sites (tertiary alicyclic amines) is 1. The zero-order chi connectivity index (χ0) is 15.7. The highest BCUT2D eigenvalue weighted by molar-refractivity contribution is 9.10. The van der Waals surface area contributed by atoms with Crippen LogP contribution in [0, 0.1) is 5.92 Å². The van der Waals surface area contributed by atoms with Crippen LogP contribution in [-0.4, -0.2) is 47.6 Å². The first-order chi connectivity index (χ1) is 10.6. The number of halogens is 1. The second-order valence-corrected chi connectivity index (χ2v) is 6.87. The van der Waals surface area contributed by atoms with Crippen LogP contribution in [-0.2, 0) is 9.59 Å². The minimum Gasteiger partial charge on any atom is -0.396 e. The van der Waals surface area contributed by atoms with Crippen molar-refractivity contribution >= 4 is 33.4 Å². The number of hydrogen-bond acceptors (Lipinski definition) is 4. The van der Waals surface area contributed by atoms with E-state index in [0.717, 1.165) is 23.9 Å². The smallest absolute Gasteiger partial charge is 0.251 e. The number of piperidine rings is 1. The topological polar surface area (TPSA) is 60.9 Å². The van der Waals surface area contributed by atoms with Crippen molar-refractivity contribution in [1.29, 1.82) is 0 Å². The van der Waals surface area contributed by atoms with Gasteiger partial charge in [-0.2, -0.15) is 0 Å². The number of hydrogen-bond donors (Lipinski definition) is 1. The van der Waals surface area contributed by atoms with Crippen LogP contribution in [0.1, 0.15) is 19.3 Å². The van der Waals surface area contributed by atoms with Gasteiger partial charge in [-0.05, 0) is 49.6 Å². The Kier molecular flexibility index (Phi) is 4.61. The lowest BCUT2D eigenvalue weighted by atomic mass is 9.97. The zero-order valence-corrected chi connectivity index (χ0v) is 13.8. The van der Waals surface area contributed by atoms with Gasteiger partial charge in [0.15, 0.2) is 0 Å². The zero-order valence-electron chi connectivity index (χ0n) is 12.2. The molecule has 0 saturated carbocycles. The van der Waals surface area contributed by atoms with Crippen LogP contribution in [0.2, 0.25) is 0 Å². The number of anilines is 1. The lowest BCUT2D eigenvalue weighted by Gasteiger charge is -2.34. The summed E-state index contributed by atoms with van der Waals surface area (Å²) in [7, 11) is 0. The first-order valence-corrected chi connectivity index (χ1v) is 8.36. The molecule has 0 bridgehead atoms. The summed E-state index contributed by atoms with van der Waals surface area (Å²) in [6.45, 7) is 1.64. The molecule has 0 aromatic heterocycles. The Balaban J connectivity index is 1.77. The average molecular weight is 367 g/mol. The summed E-state index contributed by atoms with van der Waals surface area (Å²) < 4.78 is 0.911. The van der Waals surface area contributed by atoms with Crippen LogP contribution < -0.4 is 4.90 Å². The Morgan fingerprint density at radius 2 is 1.95 bits per heavy atom. The average Bonchev–Trinajstić information content (AvgIpc) is 2.83. The summed E-state index contributed by atoms with van der Waals surface area (Å²) in [6.07, 6.45) is 2.17. The molecule has 1 aromatic carbocycles. The third-order valence-electron chi connectivity index (χ3n) is 4.46. The van der Waals surface area contributed by atoms with Crippen molar-refractivity contribution in [2.75, 3.05) is 24.6 Å². The summed E-state index contributed by atoms with van der Waals surface area (Å²) in [5.41, 5.74) is 0.622. The molecule has 2 aliphatic rings. The monoisotopic (exact) mass is 366 g/mol. The van der Waals surface area contributed by atoms with Gasteiger partial charge in [0, 0.05) is 17.6 Å². The first kappa shape index (κ1) is 15.6. The molecule has 2 fully saturated rings. The predicted molar refractivity (Wildman–Crippen MR) is 86.4 cm³/mol. The molecule has 3 rings (SSSR count). The molecule has 2 heterocycles. The Bertz CT molecular complexity index is 575. The van der Waals surface area contributed by atoms with Crippen LogP contribution in [0.5, 0.6) is 0 Å². The molecule has 1 aromatic rings. The molecule has 118 valence electrons. The van der Waals surface area contributed by atoms with Crippen LogP contribution in [0.15, 0.2) is 28.7 Å². The van der Waals surface area contributed by atoms with E-state index in [-0.39, 0.29) is 36.8 Å². The van der Waals surface area contributed by atoms with Crippen molar-refractivity contribution in [2.45, 2.75) is 25.3 Å². The van der Waals surface area contributed by atoms with Gasteiger partial charge < -0.3 is 5.11 Å².